The second kappa shape index (κ2) is 5.80. The lowest BCUT2D eigenvalue weighted by molar-refractivity contribution is -0.137. The third-order valence-electron chi connectivity index (χ3n) is 5.04. The van der Waals surface area contributed by atoms with E-state index in [2.05, 4.69) is 6.92 Å². The van der Waals surface area contributed by atoms with Crippen LogP contribution in [0.4, 0.5) is 0 Å². The number of aliphatic hydroxyl groups excluding tert-OH is 1. The lowest BCUT2D eigenvalue weighted by Crippen LogP contribution is -2.51. The van der Waals surface area contributed by atoms with Crippen LogP contribution in [0, 0.1) is 17.3 Å². The highest BCUT2D eigenvalue weighted by molar-refractivity contribution is 5.77. The van der Waals surface area contributed by atoms with Gasteiger partial charge in [-0.15, -0.1) is 0 Å². The molecule has 19 heavy (non-hydrogen) atoms. The highest BCUT2D eigenvalue weighted by Gasteiger charge is 2.37. The molecule has 1 aliphatic heterocycles. The van der Waals surface area contributed by atoms with E-state index < -0.39 is 0 Å². The zero-order valence-electron chi connectivity index (χ0n) is 13.1. The average molecular weight is 270 g/mol. The van der Waals surface area contributed by atoms with Gasteiger partial charge in [0.05, 0.1) is 0 Å². The van der Waals surface area contributed by atoms with E-state index in [0.29, 0.717) is 18.9 Å². The maximum atomic E-state index is 12.4. The number of hydrogen-bond acceptors (Lipinski definition) is 3. The van der Waals surface area contributed by atoms with Crippen LogP contribution in [0.1, 0.15) is 47.5 Å². The molecule has 0 aromatic rings. The number of amides is 1. The summed E-state index contributed by atoms with van der Waals surface area (Å²) in [6.45, 7) is 11.8. The van der Waals surface area contributed by atoms with Crippen molar-refractivity contribution in [2.24, 2.45) is 23.0 Å². The Kier molecular flexibility index (Phi) is 5.02. The fraction of sp³-hybridized carbons (Fsp3) is 0.933. The number of rotatable bonds is 4. The molecule has 3 N–H and O–H groups in total. The molecule has 1 heterocycles. The van der Waals surface area contributed by atoms with E-state index in [1.54, 1.807) is 0 Å². The van der Waals surface area contributed by atoms with Crippen molar-refractivity contribution in [1.29, 1.82) is 0 Å². The molecule has 1 rings (SSSR count). The van der Waals surface area contributed by atoms with Gasteiger partial charge in [-0.1, -0.05) is 20.8 Å². The standard InChI is InChI=1S/C15H30N2O2/c1-11-6-7-17(9-12(11)10-18)13(19)8-14(2,3)15(4,5)16/h11-12,18H,6-10,16H2,1-5H3. The number of nitrogens with zero attached hydrogens (tertiary/aromatic N) is 1. The van der Waals surface area contributed by atoms with Crippen LogP contribution < -0.4 is 5.73 Å². The molecular formula is C15H30N2O2. The molecular weight excluding hydrogens is 240 g/mol. The Hall–Kier alpha value is -0.610. The average Bonchev–Trinajstić information content (AvgIpc) is 2.27. The lowest BCUT2D eigenvalue weighted by Gasteiger charge is -2.41. The van der Waals surface area contributed by atoms with Gasteiger partial charge in [0.15, 0.2) is 0 Å². The summed E-state index contributed by atoms with van der Waals surface area (Å²) < 4.78 is 0. The summed E-state index contributed by atoms with van der Waals surface area (Å²) in [5.74, 6) is 0.869. The monoisotopic (exact) mass is 270 g/mol. The number of carbonyl (C=O) groups is 1. The number of likely N-dealkylation sites (tertiary alicyclic amines) is 1. The minimum Gasteiger partial charge on any atom is -0.396 e. The van der Waals surface area contributed by atoms with Gasteiger partial charge in [-0.3, -0.25) is 4.79 Å². The minimum absolute atomic E-state index is 0.161. The van der Waals surface area contributed by atoms with E-state index >= 15 is 0 Å². The second-order valence-electron chi connectivity index (χ2n) is 7.33. The third-order valence-corrected chi connectivity index (χ3v) is 5.04. The van der Waals surface area contributed by atoms with Gasteiger partial charge < -0.3 is 15.7 Å². The van der Waals surface area contributed by atoms with Gasteiger partial charge in [-0.05, 0) is 31.6 Å². The maximum Gasteiger partial charge on any atom is 0.223 e. The first-order valence-electron chi connectivity index (χ1n) is 7.26. The predicted octanol–water partition coefficient (Wildman–Crippen LogP) is 1.62. The fourth-order valence-electron chi connectivity index (χ4n) is 2.33. The molecule has 1 amide bonds. The van der Waals surface area contributed by atoms with E-state index in [9.17, 15) is 9.90 Å². The summed E-state index contributed by atoms with van der Waals surface area (Å²) in [5.41, 5.74) is 5.53. The Bertz CT molecular complexity index is 321. The summed E-state index contributed by atoms with van der Waals surface area (Å²) in [5, 5.41) is 9.36. The van der Waals surface area contributed by atoms with Crippen molar-refractivity contribution >= 4 is 5.91 Å². The molecule has 112 valence electrons. The number of nitrogens with two attached hydrogens (primary N) is 1. The molecule has 4 nitrogen and oxygen atoms in total. The first-order valence-corrected chi connectivity index (χ1v) is 7.26. The lowest BCUT2D eigenvalue weighted by atomic mass is 9.72. The molecule has 0 bridgehead atoms. The molecule has 0 radical (unpaired) electrons. The molecule has 0 saturated carbocycles. The van der Waals surface area contributed by atoms with Crippen molar-refractivity contribution in [1.82, 2.24) is 4.90 Å². The highest BCUT2D eigenvalue weighted by Crippen LogP contribution is 2.33. The van der Waals surface area contributed by atoms with Gasteiger partial charge in [0.1, 0.15) is 0 Å². The first-order chi connectivity index (χ1) is 8.58. The highest BCUT2D eigenvalue weighted by atomic mass is 16.3. The zero-order chi connectivity index (χ0) is 14.8. The molecule has 0 aromatic carbocycles. The number of piperidine rings is 1. The number of carbonyl (C=O) groups excluding carboxylic acids is 1. The molecule has 0 aromatic heterocycles. The van der Waals surface area contributed by atoms with Crippen molar-refractivity contribution in [3.8, 4) is 0 Å². The normalized spacial score (nSPS) is 25.5. The van der Waals surface area contributed by atoms with Crippen LogP contribution in [0.2, 0.25) is 0 Å². The maximum absolute atomic E-state index is 12.4. The molecule has 1 aliphatic rings. The van der Waals surface area contributed by atoms with Crippen LogP contribution in [0.5, 0.6) is 0 Å². The van der Waals surface area contributed by atoms with E-state index in [1.165, 1.54) is 0 Å². The number of hydrogen-bond donors (Lipinski definition) is 2. The van der Waals surface area contributed by atoms with E-state index in [4.69, 9.17) is 5.73 Å². The van der Waals surface area contributed by atoms with E-state index in [-0.39, 0.29) is 29.4 Å². The summed E-state index contributed by atoms with van der Waals surface area (Å²) in [7, 11) is 0. The molecule has 0 spiro atoms. The first kappa shape index (κ1) is 16.4. The van der Waals surface area contributed by atoms with Crippen LogP contribution in [-0.4, -0.2) is 41.1 Å². The summed E-state index contributed by atoms with van der Waals surface area (Å²) in [4.78, 5) is 14.3. The van der Waals surface area contributed by atoms with E-state index in [1.807, 2.05) is 32.6 Å². The Morgan fingerprint density at radius 1 is 1.37 bits per heavy atom. The fourth-order valence-corrected chi connectivity index (χ4v) is 2.33. The Balaban J connectivity index is 2.64. The van der Waals surface area contributed by atoms with Gasteiger partial charge in [0.2, 0.25) is 5.91 Å². The number of aliphatic hydroxyl groups is 1. The van der Waals surface area contributed by atoms with Gasteiger partial charge >= 0.3 is 0 Å². The summed E-state index contributed by atoms with van der Waals surface area (Å²) in [6, 6.07) is 0. The Morgan fingerprint density at radius 2 is 1.95 bits per heavy atom. The summed E-state index contributed by atoms with van der Waals surface area (Å²) in [6.07, 6.45) is 1.44. The topological polar surface area (TPSA) is 66.6 Å². The molecule has 4 heteroatoms. The SMILES string of the molecule is CC1CCN(C(=O)CC(C)(C)C(C)(C)N)CC1CO. The largest absolute Gasteiger partial charge is 0.396 e. The Morgan fingerprint density at radius 3 is 2.42 bits per heavy atom. The van der Waals surface area contributed by atoms with Crippen LogP contribution in [0.15, 0.2) is 0 Å². The van der Waals surface area contributed by atoms with Crippen LogP contribution >= 0.6 is 0 Å². The second-order valence-corrected chi connectivity index (χ2v) is 7.33. The molecule has 1 fully saturated rings. The van der Waals surface area contributed by atoms with Gasteiger partial charge in [-0.2, -0.15) is 0 Å². The molecule has 2 unspecified atom stereocenters. The molecule has 1 saturated heterocycles. The van der Waals surface area contributed by atoms with Gasteiger partial charge in [-0.25, -0.2) is 0 Å². The van der Waals surface area contributed by atoms with Crippen molar-refractivity contribution in [2.45, 2.75) is 53.0 Å². The van der Waals surface area contributed by atoms with Crippen LogP contribution in [0.25, 0.3) is 0 Å². The van der Waals surface area contributed by atoms with Crippen molar-refractivity contribution < 1.29 is 9.90 Å². The quantitative estimate of drug-likeness (QED) is 0.815. The van der Waals surface area contributed by atoms with E-state index in [0.717, 1.165) is 13.0 Å². The van der Waals surface area contributed by atoms with Crippen molar-refractivity contribution in [2.75, 3.05) is 19.7 Å². The predicted molar refractivity (Wildman–Crippen MR) is 77.6 cm³/mol. The van der Waals surface area contributed by atoms with Gasteiger partial charge in [0.25, 0.3) is 0 Å². The van der Waals surface area contributed by atoms with Crippen LogP contribution in [0.3, 0.4) is 0 Å². The van der Waals surface area contributed by atoms with Crippen molar-refractivity contribution in [3.63, 3.8) is 0 Å². The summed E-state index contributed by atoms with van der Waals surface area (Å²) >= 11 is 0. The molecule has 2 atom stereocenters. The van der Waals surface area contributed by atoms with Gasteiger partial charge in [0, 0.05) is 37.6 Å². The van der Waals surface area contributed by atoms with Crippen LogP contribution in [-0.2, 0) is 4.79 Å². The van der Waals surface area contributed by atoms with Crippen molar-refractivity contribution in [3.05, 3.63) is 0 Å². The smallest absolute Gasteiger partial charge is 0.223 e. The minimum atomic E-state index is -0.387. The zero-order valence-corrected chi connectivity index (χ0v) is 13.1. The third kappa shape index (κ3) is 3.93. The molecule has 0 aliphatic carbocycles. The Labute approximate surface area is 117 Å².